The zero-order chi connectivity index (χ0) is 25.1. The molecule has 0 aromatic heterocycles. The molecule has 0 aliphatic heterocycles. The molecule has 183 valence electrons. The van der Waals surface area contributed by atoms with Crippen LogP contribution in [0.5, 0.6) is 5.75 Å². The normalized spacial score (nSPS) is 16.6. The summed E-state index contributed by atoms with van der Waals surface area (Å²) in [6.45, 7) is 28.6. The van der Waals surface area contributed by atoms with E-state index in [0.717, 1.165) is 15.3 Å². The summed E-state index contributed by atoms with van der Waals surface area (Å²) in [4.78, 5) is 0. The van der Waals surface area contributed by atoms with E-state index in [1.54, 1.807) is 0 Å². The molecule has 1 aliphatic carbocycles. The van der Waals surface area contributed by atoms with Gasteiger partial charge in [-0.25, -0.2) is 5.57 Å². The van der Waals surface area contributed by atoms with E-state index < -0.39 is 0 Å². The number of ether oxygens (including phenoxy) is 1. The Hall–Kier alpha value is -1.09. The maximum atomic E-state index is 5.80. The van der Waals surface area contributed by atoms with E-state index >= 15 is 0 Å². The Morgan fingerprint density at radius 1 is 0.939 bits per heavy atom. The summed E-state index contributed by atoms with van der Waals surface area (Å²) in [5.41, 5.74) is 7.04. The minimum absolute atomic E-state index is 0. The van der Waals surface area contributed by atoms with E-state index in [9.17, 15) is 0 Å². The molecule has 0 spiro atoms. The van der Waals surface area contributed by atoms with Crippen molar-refractivity contribution in [3.05, 3.63) is 76.6 Å². The van der Waals surface area contributed by atoms with E-state index in [2.05, 4.69) is 101 Å². The summed E-state index contributed by atoms with van der Waals surface area (Å²) < 4.78 is 5.80. The zero-order valence-corrected chi connectivity index (χ0v) is 26.3. The molecule has 0 amide bonds. The number of para-hydroxylation sites is 1. The third-order valence-corrected chi connectivity index (χ3v) is 5.72. The largest absolute Gasteiger partial charge is 0.465 e. The smallest absolute Gasteiger partial charge is 0.126 e. The molecule has 1 aromatic carbocycles. The van der Waals surface area contributed by atoms with Crippen LogP contribution in [0.15, 0.2) is 70.5 Å². The minimum atomic E-state index is 0. The molecule has 1 nitrogen and oxygen atoms in total. The van der Waals surface area contributed by atoms with Gasteiger partial charge in [0, 0.05) is 31.2 Å². The molecule has 1 unspecified atom stereocenters. The van der Waals surface area contributed by atoms with E-state index in [-0.39, 0.29) is 32.5 Å². The summed E-state index contributed by atoms with van der Waals surface area (Å²) in [6, 6.07) is 9.89. The van der Waals surface area contributed by atoms with Gasteiger partial charge < -0.3 is 4.74 Å². The fourth-order valence-electron chi connectivity index (χ4n) is 2.67. The average Bonchev–Trinajstić information content (AvgIpc) is 2.90. The first-order valence-corrected chi connectivity index (χ1v) is 14.1. The second-order valence-electron chi connectivity index (χ2n) is 10.7. The van der Waals surface area contributed by atoms with Crippen molar-refractivity contribution in [1.29, 1.82) is 0 Å². The van der Waals surface area contributed by atoms with Crippen LogP contribution in [0.25, 0.3) is 0 Å². The van der Waals surface area contributed by atoms with Crippen molar-refractivity contribution < 1.29 is 26.5 Å². The summed E-state index contributed by atoms with van der Waals surface area (Å²) in [5.74, 6) is 1.43. The molecule has 0 heterocycles. The van der Waals surface area contributed by atoms with Crippen LogP contribution in [0.4, 0.5) is 0 Å². The summed E-state index contributed by atoms with van der Waals surface area (Å²) in [6.07, 6.45) is 7.49. The quantitative estimate of drug-likeness (QED) is 0.174. The third kappa shape index (κ3) is 13.4. The number of allylic oxidation sites excluding steroid dienone is 7. The molecule has 1 atom stereocenters. The Balaban J connectivity index is 0. The maximum Gasteiger partial charge on any atom is 0.126 e. The first-order chi connectivity index (χ1) is 14.6. The van der Waals surface area contributed by atoms with Crippen LogP contribution in [-0.2, 0) is 21.7 Å². The number of rotatable bonds is 3. The van der Waals surface area contributed by atoms with Crippen LogP contribution in [-0.4, -0.2) is 9.52 Å². The van der Waals surface area contributed by atoms with Crippen molar-refractivity contribution in [2.75, 3.05) is 0 Å². The van der Waals surface area contributed by atoms with Crippen molar-refractivity contribution in [1.82, 2.24) is 0 Å². The predicted octanol–water partition coefficient (Wildman–Crippen LogP) is 9.23. The number of hydrogen-bond acceptors (Lipinski definition) is 1. The average molecular weight is 501 g/mol. The first-order valence-electron chi connectivity index (χ1n) is 11.8. The van der Waals surface area contributed by atoms with E-state index in [1.807, 2.05) is 36.6 Å². The Morgan fingerprint density at radius 3 is 1.73 bits per heavy atom. The molecular weight excluding hydrogens is 452 g/mol. The van der Waals surface area contributed by atoms with Gasteiger partial charge in [0.25, 0.3) is 0 Å². The molecule has 2 rings (SSSR count). The molecule has 3 heteroatoms. The van der Waals surface area contributed by atoms with Crippen molar-refractivity contribution in [3.63, 3.8) is 0 Å². The van der Waals surface area contributed by atoms with Gasteiger partial charge in [-0.15, -0.1) is 6.92 Å². The minimum Gasteiger partial charge on any atom is -0.465 e. The zero-order valence-electron chi connectivity index (χ0n) is 23.6. The number of benzene rings is 1. The first kappa shape index (κ1) is 34.1. The maximum absolute atomic E-state index is 5.80. The van der Waals surface area contributed by atoms with Crippen LogP contribution in [0, 0.1) is 22.8 Å². The third-order valence-electron chi connectivity index (χ3n) is 5.72. The van der Waals surface area contributed by atoms with Crippen LogP contribution in [0.1, 0.15) is 76.2 Å². The van der Waals surface area contributed by atoms with Crippen molar-refractivity contribution in [2.24, 2.45) is 16.7 Å². The Bertz CT molecular complexity index is 815. The molecule has 0 saturated heterocycles. The molecular formula is C30H48OSiTi-. The van der Waals surface area contributed by atoms with Crippen molar-refractivity contribution in [2.45, 2.75) is 89.3 Å². The van der Waals surface area contributed by atoms with Gasteiger partial charge in [0.2, 0.25) is 0 Å². The molecule has 0 bridgehead atoms. The summed E-state index contributed by atoms with van der Waals surface area (Å²) in [5, 5.41) is 0. The van der Waals surface area contributed by atoms with Gasteiger partial charge in [0.1, 0.15) is 5.75 Å². The monoisotopic (exact) mass is 500 g/mol. The second kappa shape index (κ2) is 15.7. The van der Waals surface area contributed by atoms with Crippen LogP contribution in [0.2, 0.25) is 13.1 Å². The molecule has 1 aromatic rings. The Labute approximate surface area is 223 Å². The predicted molar refractivity (Wildman–Crippen MR) is 147 cm³/mol. The summed E-state index contributed by atoms with van der Waals surface area (Å²) >= 11 is 0. The van der Waals surface area contributed by atoms with E-state index in [0.29, 0.717) is 5.92 Å². The fraction of sp³-hybridized carbons (Fsp3) is 0.533. The van der Waals surface area contributed by atoms with Crippen molar-refractivity contribution in [3.8, 4) is 5.75 Å². The molecule has 0 saturated carbocycles. The van der Waals surface area contributed by atoms with Crippen LogP contribution < -0.4 is 4.74 Å². The fourth-order valence-corrected chi connectivity index (χ4v) is 2.67. The topological polar surface area (TPSA) is 9.23 Å². The van der Waals surface area contributed by atoms with Gasteiger partial charge in [0.05, 0.1) is 6.26 Å². The Morgan fingerprint density at radius 2 is 1.42 bits per heavy atom. The van der Waals surface area contributed by atoms with E-state index in [4.69, 9.17) is 4.74 Å². The summed E-state index contributed by atoms with van der Waals surface area (Å²) in [7, 11) is 0.750. The SMILES string of the molecule is CC(=CC(=COc1ccccc1)C(C)(C)C)C(C)(C)C.CC1=[C-]C(C)C(C)=C1C.C[SiH]C.[Ti]. The molecule has 1 radical (unpaired) electrons. The molecule has 0 N–H and O–H groups in total. The van der Waals surface area contributed by atoms with Crippen LogP contribution in [0.3, 0.4) is 0 Å². The second-order valence-corrected chi connectivity index (χ2v) is 11.9. The molecule has 1 aliphatic rings. The van der Waals surface area contributed by atoms with E-state index in [1.165, 1.54) is 27.9 Å². The molecule has 0 fully saturated rings. The van der Waals surface area contributed by atoms with Crippen LogP contribution >= 0.6 is 0 Å². The van der Waals surface area contributed by atoms with Gasteiger partial charge in [-0.1, -0.05) is 111 Å². The van der Waals surface area contributed by atoms with Crippen molar-refractivity contribution >= 4 is 9.52 Å². The van der Waals surface area contributed by atoms with Gasteiger partial charge >= 0.3 is 0 Å². The standard InChI is InChI=1S/C19H28O.C9H13.C2H7Si.Ti/c1-15(18(2,3)4)13-16(19(5,6)7)14-20-17-11-9-8-10-12-17;1-6-5-7(2)9(4)8(6)3;1-3-2;/h8-14H,1-7H3;6H,1-4H3;3H,1-2H3;/q;-1;;. The Kier molecular flexibility index (Phi) is 16.3. The molecule has 33 heavy (non-hydrogen) atoms. The number of hydrogen-bond donors (Lipinski definition) is 0. The van der Waals surface area contributed by atoms with Gasteiger partial charge in [-0.05, 0) is 35.5 Å². The van der Waals surface area contributed by atoms with Gasteiger partial charge in [0.15, 0.2) is 0 Å². The van der Waals surface area contributed by atoms with Gasteiger partial charge in [-0.2, -0.15) is 11.1 Å². The van der Waals surface area contributed by atoms with Gasteiger partial charge in [-0.3, -0.25) is 6.08 Å².